The number of anilines is 2. The van der Waals surface area contributed by atoms with Crippen LogP contribution >= 0.6 is 0 Å². The molecule has 5 nitrogen and oxygen atoms in total. The third-order valence-corrected chi connectivity index (χ3v) is 5.86. The van der Waals surface area contributed by atoms with Crippen LogP contribution in [0.5, 0.6) is 0 Å². The number of rotatable bonds is 6. The Balaban J connectivity index is 1.90. The van der Waals surface area contributed by atoms with Gasteiger partial charge in [-0.05, 0) is 55.5 Å². The summed E-state index contributed by atoms with van der Waals surface area (Å²) in [5, 5.41) is 2.59. The first-order valence-corrected chi connectivity index (χ1v) is 10.0. The Kier molecular flexibility index (Phi) is 5.75. The van der Waals surface area contributed by atoms with Crippen LogP contribution in [0.2, 0.25) is 0 Å². The number of nitrogens with zero attached hydrogens (tertiary/aromatic N) is 1. The Bertz CT molecular complexity index is 1050. The van der Waals surface area contributed by atoms with Crippen LogP contribution in [-0.4, -0.2) is 20.9 Å². The van der Waals surface area contributed by atoms with Crippen molar-refractivity contribution >= 4 is 27.3 Å². The van der Waals surface area contributed by atoms with Crippen molar-refractivity contribution in [3.8, 4) is 0 Å². The molecule has 0 heterocycles. The zero-order valence-corrected chi connectivity index (χ0v) is 16.0. The summed E-state index contributed by atoms with van der Waals surface area (Å²) in [6, 6.07) is 20.1. The minimum absolute atomic E-state index is 0.0940. The topological polar surface area (TPSA) is 66.5 Å². The van der Waals surface area contributed by atoms with Gasteiger partial charge < -0.3 is 5.32 Å². The molecule has 0 saturated heterocycles. The lowest BCUT2D eigenvalue weighted by atomic mass is 10.2. The third kappa shape index (κ3) is 4.55. The first kappa shape index (κ1) is 19.6. The van der Waals surface area contributed by atoms with E-state index >= 15 is 0 Å². The van der Waals surface area contributed by atoms with Crippen molar-refractivity contribution in [2.45, 2.75) is 11.8 Å². The Labute approximate surface area is 163 Å². The van der Waals surface area contributed by atoms with Crippen LogP contribution in [-0.2, 0) is 14.8 Å². The number of carbonyl (C=O) groups is 1. The molecule has 0 atom stereocenters. The van der Waals surface area contributed by atoms with Gasteiger partial charge in [0.1, 0.15) is 12.4 Å². The fourth-order valence-corrected chi connectivity index (χ4v) is 4.03. The predicted octanol–water partition coefficient (Wildman–Crippen LogP) is 3.97. The van der Waals surface area contributed by atoms with Crippen LogP contribution < -0.4 is 9.62 Å². The number of amides is 1. The van der Waals surface area contributed by atoms with Crippen molar-refractivity contribution in [2.24, 2.45) is 0 Å². The van der Waals surface area contributed by atoms with Gasteiger partial charge in [0, 0.05) is 5.69 Å². The molecule has 0 saturated carbocycles. The largest absolute Gasteiger partial charge is 0.325 e. The molecule has 1 amide bonds. The maximum absolute atomic E-state index is 13.2. The number of halogens is 1. The summed E-state index contributed by atoms with van der Waals surface area (Å²) in [6.07, 6.45) is 0. The SMILES string of the molecule is Cc1ccc(S(=O)(=O)N(CC(=O)Nc2ccc(F)cc2)c2ccccc2)cc1. The van der Waals surface area contributed by atoms with Crippen LogP contribution in [0.3, 0.4) is 0 Å². The maximum Gasteiger partial charge on any atom is 0.264 e. The van der Waals surface area contributed by atoms with Gasteiger partial charge in [0.2, 0.25) is 5.91 Å². The summed E-state index contributed by atoms with van der Waals surface area (Å²) in [5.41, 5.74) is 1.68. The average molecular weight is 398 g/mol. The van der Waals surface area contributed by atoms with Crippen LogP contribution in [0, 0.1) is 12.7 Å². The van der Waals surface area contributed by atoms with Crippen molar-refractivity contribution in [3.05, 3.63) is 90.2 Å². The summed E-state index contributed by atoms with van der Waals surface area (Å²) in [5.74, 6) is -0.961. The molecular weight excluding hydrogens is 379 g/mol. The number of sulfonamides is 1. The molecule has 0 unspecified atom stereocenters. The molecule has 3 aromatic carbocycles. The normalized spacial score (nSPS) is 11.1. The predicted molar refractivity (Wildman–Crippen MR) is 107 cm³/mol. The lowest BCUT2D eigenvalue weighted by molar-refractivity contribution is -0.114. The van der Waals surface area contributed by atoms with E-state index in [2.05, 4.69) is 5.32 Å². The number of hydrogen-bond acceptors (Lipinski definition) is 3. The molecule has 0 aromatic heterocycles. The third-order valence-electron chi connectivity index (χ3n) is 4.07. The highest BCUT2D eigenvalue weighted by Crippen LogP contribution is 2.24. The van der Waals surface area contributed by atoms with Crippen molar-refractivity contribution in [3.63, 3.8) is 0 Å². The van der Waals surface area contributed by atoms with Crippen LogP contribution in [0.15, 0.2) is 83.8 Å². The van der Waals surface area contributed by atoms with Gasteiger partial charge in [0.05, 0.1) is 10.6 Å². The van der Waals surface area contributed by atoms with E-state index in [1.54, 1.807) is 42.5 Å². The van der Waals surface area contributed by atoms with Gasteiger partial charge in [-0.25, -0.2) is 12.8 Å². The summed E-state index contributed by atoms with van der Waals surface area (Å²) in [6.45, 7) is 1.44. The van der Waals surface area contributed by atoms with Gasteiger partial charge in [0.15, 0.2) is 0 Å². The van der Waals surface area contributed by atoms with Crippen LogP contribution in [0.4, 0.5) is 15.8 Å². The first-order chi connectivity index (χ1) is 13.4. The molecule has 0 radical (unpaired) electrons. The highest BCUT2D eigenvalue weighted by molar-refractivity contribution is 7.92. The van der Waals surface area contributed by atoms with E-state index in [0.29, 0.717) is 11.4 Å². The van der Waals surface area contributed by atoms with E-state index in [1.165, 1.54) is 36.4 Å². The fraction of sp³-hybridized carbons (Fsp3) is 0.0952. The van der Waals surface area contributed by atoms with Crippen molar-refractivity contribution < 1.29 is 17.6 Å². The molecule has 0 aliphatic heterocycles. The minimum Gasteiger partial charge on any atom is -0.325 e. The van der Waals surface area contributed by atoms with Crippen LogP contribution in [0.1, 0.15) is 5.56 Å². The average Bonchev–Trinajstić information content (AvgIpc) is 2.69. The van der Waals surface area contributed by atoms with Gasteiger partial charge in [-0.2, -0.15) is 0 Å². The maximum atomic E-state index is 13.2. The lowest BCUT2D eigenvalue weighted by Crippen LogP contribution is -2.38. The van der Waals surface area contributed by atoms with Gasteiger partial charge in [0.25, 0.3) is 10.0 Å². The summed E-state index contributed by atoms with van der Waals surface area (Å²) < 4.78 is 40.4. The molecule has 0 aliphatic rings. The van der Waals surface area contributed by atoms with E-state index < -0.39 is 28.3 Å². The Morgan fingerprint density at radius 2 is 1.54 bits per heavy atom. The highest BCUT2D eigenvalue weighted by atomic mass is 32.2. The molecule has 144 valence electrons. The molecule has 7 heteroatoms. The van der Waals surface area contributed by atoms with Gasteiger partial charge in [-0.15, -0.1) is 0 Å². The van der Waals surface area contributed by atoms with Crippen molar-refractivity contribution in [1.29, 1.82) is 0 Å². The molecule has 0 fully saturated rings. The molecule has 0 aliphatic carbocycles. The second-order valence-corrected chi connectivity index (χ2v) is 8.08. The van der Waals surface area contributed by atoms with Crippen molar-refractivity contribution in [2.75, 3.05) is 16.2 Å². The summed E-state index contributed by atoms with van der Waals surface area (Å²) >= 11 is 0. The van der Waals surface area contributed by atoms with E-state index in [9.17, 15) is 17.6 Å². The summed E-state index contributed by atoms with van der Waals surface area (Å²) in [4.78, 5) is 12.6. The van der Waals surface area contributed by atoms with Gasteiger partial charge in [-0.3, -0.25) is 9.10 Å². The smallest absolute Gasteiger partial charge is 0.264 e. The number of aryl methyl sites for hydroxylation is 1. The molecular formula is C21H19FN2O3S. The lowest BCUT2D eigenvalue weighted by Gasteiger charge is -2.24. The number of nitrogens with one attached hydrogen (secondary N) is 1. The number of para-hydroxylation sites is 1. The standard InChI is InChI=1S/C21H19FN2O3S/c1-16-7-13-20(14-8-16)28(26,27)24(19-5-3-2-4-6-19)15-21(25)23-18-11-9-17(22)10-12-18/h2-14H,15H2,1H3,(H,23,25). The van der Waals surface area contributed by atoms with Crippen LogP contribution in [0.25, 0.3) is 0 Å². The van der Waals surface area contributed by atoms with Gasteiger partial charge >= 0.3 is 0 Å². The molecule has 0 spiro atoms. The zero-order valence-electron chi connectivity index (χ0n) is 15.2. The molecule has 28 heavy (non-hydrogen) atoms. The number of carbonyl (C=O) groups excluding carboxylic acids is 1. The van der Waals surface area contributed by atoms with Gasteiger partial charge in [-0.1, -0.05) is 35.9 Å². The molecule has 0 bridgehead atoms. The Morgan fingerprint density at radius 3 is 2.14 bits per heavy atom. The highest BCUT2D eigenvalue weighted by Gasteiger charge is 2.27. The van der Waals surface area contributed by atoms with E-state index in [0.717, 1.165) is 9.87 Å². The zero-order chi connectivity index (χ0) is 20.1. The monoisotopic (exact) mass is 398 g/mol. The first-order valence-electron chi connectivity index (χ1n) is 8.56. The minimum atomic E-state index is -3.95. The Morgan fingerprint density at radius 1 is 0.929 bits per heavy atom. The Hall–Kier alpha value is -3.19. The second-order valence-electron chi connectivity index (χ2n) is 6.22. The van der Waals surface area contributed by atoms with E-state index in [4.69, 9.17) is 0 Å². The molecule has 3 rings (SSSR count). The van der Waals surface area contributed by atoms with E-state index in [-0.39, 0.29) is 4.90 Å². The summed E-state index contributed by atoms with van der Waals surface area (Å²) in [7, 11) is -3.95. The van der Waals surface area contributed by atoms with E-state index in [1.807, 2.05) is 6.92 Å². The number of hydrogen-bond donors (Lipinski definition) is 1. The quantitative estimate of drug-likeness (QED) is 0.683. The molecule has 3 aromatic rings. The van der Waals surface area contributed by atoms with Crippen molar-refractivity contribution in [1.82, 2.24) is 0 Å². The number of benzene rings is 3. The fourth-order valence-electron chi connectivity index (χ4n) is 2.61. The second kappa shape index (κ2) is 8.22. The molecule has 1 N–H and O–H groups in total.